The Morgan fingerprint density at radius 2 is 2.17 bits per heavy atom. The Labute approximate surface area is 138 Å². The molecule has 2 heterocycles. The van der Waals surface area contributed by atoms with E-state index in [0.29, 0.717) is 29.8 Å². The minimum absolute atomic E-state index is 0.133. The molecule has 8 heteroatoms. The van der Waals surface area contributed by atoms with Gasteiger partial charge in [0.05, 0.1) is 11.1 Å². The summed E-state index contributed by atoms with van der Waals surface area (Å²) in [5.74, 6) is -0.462. The fourth-order valence-corrected chi connectivity index (χ4v) is 4.64. The molecule has 1 amide bonds. The molecule has 23 heavy (non-hydrogen) atoms. The van der Waals surface area contributed by atoms with E-state index in [-0.39, 0.29) is 17.8 Å². The summed E-state index contributed by atoms with van der Waals surface area (Å²) in [4.78, 5) is 14.8. The van der Waals surface area contributed by atoms with Crippen LogP contribution in [0.5, 0.6) is 0 Å². The lowest BCUT2D eigenvalue weighted by atomic mass is 10.1. The highest BCUT2D eigenvalue weighted by atomic mass is 32.2. The lowest BCUT2D eigenvalue weighted by Gasteiger charge is -2.32. The van der Waals surface area contributed by atoms with Crippen LogP contribution in [0.25, 0.3) is 10.1 Å². The molecule has 1 unspecified atom stereocenters. The maximum absolute atomic E-state index is 13.3. The number of carbonyl (C=O) groups excluding carboxylic acids is 1. The van der Waals surface area contributed by atoms with Crippen molar-refractivity contribution in [1.29, 1.82) is 0 Å². The summed E-state index contributed by atoms with van der Waals surface area (Å²) >= 11 is 1.33. The number of thiophene rings is 1. The number of carbonyl (C=O) groups is 1. The summed E-state index contributed by atoms with van der Waals surface area (Å²) in [6, 6.07) is 5.89. The highest BCUT2D eigenvalue weighted by molar-refractivity contribution is 7.88. The molecule has 124 valence electrons. The highest BCUT2D eigenvalue weighted by Gasteiger charge is 2.27. The second-order valence-corrected chi connectivity index (χ2v) is 8.64. The molecular formula is C15H17FN2O3S2. The van der Waals surface area contributed by atoms with Gasteiger partial charge < -0.3 is 4.90 Å². The molecule has 1 aromatic carbocycles. The molecule has 0 bridgehead atoms. The van der Waals surface area contributed by atoms with Gasteiger partial charge in [0.1, 0.15) is 5.82 Å². The molecule has 1 fully saturated rings. The van der Waals surface area contributed by atoms with E-state index < -0.39 is 10.0 Å². The van der Waals surface area contributed by atoms with Crippen molar-refractivity contribution in [2.24, 2.45) is 0 Å². The van der Waals surface area contributed by atoms with Gasteiger partial charge in [0.15, 0.2) is 0 Å². The van der Waals surface area contributed by atoms with Crippen molar-refractivity contribution in [3.63, 3.8) is 0 Å². The zero-order valence-corrected chi connectivity index (χ0v) is 14.2. The van der Waals surface area contributed by atoms with Gasteiger partial charge in [-0.25, -0.2) is 17.5 Å². The number of nitrogens with zero attached hydrogens (tertiary/aromatic N) is 1. The number of piperidine rings is 1. The van der Waals surface area contributed by atoms with E-state index in [0.717, 1.165) is 17.4 Å². The second kappa shape index (κ2) is 6.18. The molecule has 5 nitrogen and oxygen atoms in total. The van der Waals surface area contributed by atoms with Crippen molar-refractivity contribution in [1.82, 2.24) is 9.62 Å². The SMILES string of the molecule is CS(=O)(=O)NC1CCCN(C(=O)c2cc3cc(F)ccc3s2)C1. The van der Waals surface area contributed by atoms with Gasteiger partial charge in [-0.1, -0.05) is 0 Å². The first kappa shape index (κ1) is 16.4. The molecule has 0 aliphatic carbocycles. The van der Waals surface area contributed by atoms with Crippen LogP contribution in [0.15, 0.2) is 24.3 Å². The minimum Gasteiger partial charge on any atom is -0.336 e. The quantitative estimate of drug-likeness (QED) is 0.917. The van der Waals surface area contributed by atoms with Crippen LogP contribution in [0.2, 0.25) is 0 Å². The summed E-state index contributed by atoms with van der Waals surface area (Å²) in [6.07, 6.45) is 2.58. The van der Waals surface area contributed by atoms with Gasteiger partial charge in [-0.15, -0.1) is 11.3 Å². The first-order chi connectivity index (χ1) is 10.8. The van der Waals surface area contributed by atoms with Gasteiger partial charge in [0.2, 0.25) is 10.0 Å². The number of nitrogens with one attached hydrogen (secondary N) is 1. The Bertz CT molecular complexity index is 848. The lowest BCUT2D eigenvalue weighted by Crippen LogP contribution is -2.49. The number of hydrogen-bond acceptors (Lipinski definition) is 4. The molecule has 1 N–H and O–H groups in total. The van der Waals surface area contributed by atoms with Crippen LogP contribution in [0, 0.1) is 5.82 Å². The molecule has 0 spiro atoms. The van der Waals surface area contributed by atoms with Crippen molar-refractivity contribution in [3.05, 3.63) is 35.0 Å². The number of hydrogen-bond donors (Lipinski definition) is 1. The number of benzene rings is 1. The number of likely N-dealkylation sites (tertiary alicyclic amines) is 1. The Morgan fingerprint density at radius 1 is 1.39 bits per heavy atom. The molecule has 1 aliphatic heterocycles. The Kier molecular flexibility index (Phi) is 4.39. The molecule has 1 atom stereocenters. The topological polar surface area (TPSA) is 66.5 Å². The predicted octanol–water partition coefficient (Wildman–Crippen LogP) is 2.19. The minimum atomic E-state index is -3.29. The van der Waals surface area contributed by atoms with E-state index in [2.05, 4.69) is 4.72 Å². The molecule has 0 radical (unpaired) electrons. The van der Waals surface area contributed by atoms with E-state index in [1.54, 1.807) is 17.0 Å². The average Bonchev–Trinajstić information content (AvgIpc) is 2.88. The zero-order chi connectivity index (χ0) is 16.6. The number of amides is 1. The molecule has 1 aliphatic rings. The average molecular weight is 356 g/mol. The van der Waals surface area contributed by atoms with Gasteiger partial charge in [-0.2, -0.15) is 0 Å². The predicted molar refractivity (Wildman–Crippen MR) is 88.7 cm³/mol. The van der Waals surface area contributed by atoms with Crippen molar-refractivity contribution >= 4 is 37.4 Å². The van der Waals surface area contributed by atoms with E-state index in [9.17, 15) is 17.6 Å². The first-order valence-electron chi connectivity index (χ1n) is 7.27. The van der Waals surface area contributed by atoms with Crippen LogP contribution in [0.1, 0.15) is 22.5 Å². The highest BCUT2D eigenvalue weighted by Crippen LogP contribution is 2.28. The summed E-state index contributed by atoms with van der Waals surface area (Å²) in [7, 11) is -3.29. The summed E-state index contributed by atoms with van der Waals surface area (Å²) in [5, 5.41) is 0.709. The van der Waals surface area contributed by atoms with Crippen LogP contribution in [-0.2, 0) is 10.0 Å². The molecule has 1 saturated heterocycles. The molecule has 0 saturated carbocycles. The van der Waals surface area contributed by atoms with Crippen molar-refractivity contribution in [3.8, 4) is 0 Å². The van der Waals surface area contributed by atoms with E-state index >= 15 is 0 Å². The maximum Gasteiger partial charge on any atom is 0.264 e. The van der Waals surface area contributed by atoms with Gasteiger partial charge in [-0.05, 0) is 42.5 Å². The van der Waals surface area contributed by atoms with Crippen LogP contribution in [0.3, 0.4) is 0 Å². The van der Waals surface area contributed by atoms with Crippen molar-refractivity contribution in [2.45, 2.75) is 18.9 Å². The Balaban J connectivity index is 1.78. The molecule has 2 aromatic rings. The zero-order valence-electron chi connectivity index (χ0n) is 12.6. The number of rotatable bonds is 3. The summed E-state index contributed by atoms with van der Waals surface area (Å²) < 4.78 is 39.4. The number of fused-ring (bicyclic) bond motifs is 1. The van der Waals surface area contributed by atoms with E-state index in [4.69, 9.17) is 0 Å². The number of sulfonamides is 1. The Morgan fingerprint density at radius 3 is 2.91 bits per heavy atom. The molecule has 1 aromatic heterocycles. The van der Waals surface area contributed by atoms with Crippen LogP contribution >= 0.6 is 11.3 Å². The summed E-state index contributed by atoms with van der Waals surface area (Å²) in [6.45, 7) is 0.956. The third-order valence-corrected chi connectivity index (χ3v) is 5.64. The van der Waals surface area contributed by atoms with E-state index in [1.807, 2.05) is 0 Å². The largest absolute Gasteiger partial charge is 0.336 e. The molecular weight excluding hydrogens is 339 g/mol. The third-order valence-electron chi connectivity index (χ3n) is 3.78. The second-order valence-electron chi connectivity index (χ2n) is 5.77. The standard InChI is InChI=1S/C15H17FN2O3S2/c1-23(20,21)17-12-3-2-6-18(9-12)15(19)14-8-10-7-11(16)4-5-13(10)22-14/h4-5,7-8,12,17H,2-3,6,9H2,1H3. The third kappa shape index (κ3) is 3.88. The lowest BCUT2D eigenvalue weighted by molar-refractivity contribution is 0.0708. The summed E-state index contributed by atoms with van der Waals surface area (Å²) in [5.41, 5.74) is 0. The van der Waals surface area contributed by atoms with Gasteiger partial charge in [0, 0.05) is 23.8 Å². The number of halogens is 1. The van der Waals surface area contributed by atoms with Crippen LogP contribution in [-0.4, -0.2) is 44.6 Å². The first-order valence-corrected chi connectivity index (χ1v) is 9.98. The monoisotopic (exact) mass is 356 g/mol. The van der Waals surface area contributed by atoms with Crippen molar-refractivity contribution in [2.75, 3.05) is 19.3 Å². The fraction of sp³-hybridized carbons (Fsp3) is 0.400. The van der Waals surface area contributed by atoms with Gasteiger partial charge >= 0.3 is 0 Å². The van der Waals surface area contributed by atoms with Crippen molar-refractivity contribution < 1.29 is 17.6 Å². The smallest absolute Gasteiger partial charge is 0.264 e. The maximum atomic E-state index is 13.3. The van der Waals surface area contributed by atoms with Gasteiger partial charge in [-0.3, -0.25) is 4.79 Å². The van der Waals surface area contributed by atoms with E-state index in [1.165, 1.54) is 23.5 Å². The van der Waals surface area contributed by atoms with Gasteiger partial charge in [0.25, 0.3) is 5.91 Å². The fourth-order valence-electron chi connectivity index (χ4n) is 2.84. The molecule has 3 rings (SSSR count). The van der Waals surface area contributed by atoms with Crippen LogP contribution in [0.4, 0.5) is 4.39 Å². The van der Waals surface area contributed by atoms with Crippen LogP contribution < -0.4 is 4.72 Å². The Hall–Kier alpha value is -1.51. The normalized spacial score (nSPS) is 19.2.